The van der Waals surface area contributed by atoms with Crippen molar-refractivity contribution in [1.29, 1.82) is 0 Å². The van der Waals surface area contributed by atoms with Crippen LogP contribution in [0.3, 0.4) is 0 Å². The summed E-state index contributed by atoms with van der Waals surface area (Å²) in [5.41, 5.74) is 10.7. The van der Waals surface area contributed by atoms with E-state index in [2.05, 4.69) is 16.0 Å². The highest BCUT2D eigenvalue weighted by atomic mass is 16.5. The molecule has 0 bridgehead atoms. The molecule has 0 aliphatic rings. The van der Waals surface area contributed by atoms with Gasteiger partial charge in [-0.3, -0.25) is 14.4 Å². The first-order chi connectivity index (χ1) is 19.5. The minimum atomic E-state index is -0.755. The molecule has 15 heteroatoms. The van der Waals surface area contributed by atoms with E-state index in [1.807, 2.05) is 0 Å². The molecular weight excluding hydrogens is 530 g/mol. The first-order valence-electron chi connectivity index (χ1n) is 13.7. The average Bonchev–Trinajstić information content (AvgIpc) is 2.94. The molecular formula is C25H51N5O10. The molecule has 1 atom stereocenters. The predicted molar refractivity (Wildman–Crippen MR) is 147 cm³/mol. The number of nitrogens with one attached hydrogen (secondary N) is 3. The zero-order valence-electron chi connectivity index (χ0n) is 24.0. The van der Waals surface area contributed by atoms with Gasteiger partial charge in [-0.1, -0.05) is 0 Å². The van der Waals surface area contributed by atoms with E-state index in [0.717, 1.165) is 0 Å². The number of amides is 3. The fourth-order valence-electron chi connectivity index (χ4n) is 3.03. The van der Waals surface area contributed by atoms with Crippen molar-refractivity contribution >= 4 is 17.7 Å². The molecule has 0 aliphatic heterocycles. The van der Waals surface area contributed by atoms with Crippen molar-refractivity contribution in [3.8, 4) is 0 Å². The van der Waals surface area contributed by atoms with Crippen LogP contribution < -0.4 is 27.4 Å². The molecule has 0 spiro atoms. The van der Waals surface area contributed by atoms with Crippen molar-refractivity contribution < 1.29 is 47.5 Å². The molecule has 0 rings (SSSR count). The molecule has 0 aromatic heterocycles. The summed E-state index contributed by atoms with van der Waals surface area (Å²) in [6, 6.07) is -0.755. The predicted octanol–water partition coefficient (Wildman–Crippen LogP) is -2.46. The highest BCUT2D eigenvalue weighted by molar-refractivity contribution is 5.88. The van der Waals surface area contributed by atoms with Crippen LogP contribution in [0.1, 0.15) is 19.3 Å². The third-order valence-corrected chi connectivity index (χ3v) is 4.98. The fourth-order valence-corrected chi connectivity index (χ4v) is 3.03. The quantitative estimate of drug-likeness (QED) is 0.0560. The normalized spacial score (nSPS) is 11.8. The molecule has 0 fully saturated rings. The second-order valence-corrected chi connectivity index (χ2v) is 8.38. The molecule has 0 heterocycles. The van der Waals surface area contributed by atoms with E-state index < -0.39 is 11.9 Å². The topological polar surface area (TPSA) is 204 Å². The summed E-state index contributed by atoms with van der Waals surface area (Å²) >= 11 is 0. The van der Waals surface area contributed by atoms with Gasteiger partial charge in [-0.05, 0) is 19.3 Å². The molecule has 40 heavy (non-hydrogen) atoms. The van der Waals surface area contributed by atoms with Crippen LogP contribution in [0.2, 0.25) is 0 Å². The lowest BCUT2D eigenvalue weighted by Gasteiger charge is -2.19. The van der Waals surface area contributed by atoms with E-state index in [0.29, 0.717) is 105 Å². The van der Waals surface area contributed by atoms with Gasteiger partial charge < -0.3 is 60.6 Å². The number of rotatable bonds is 30. The lowest BCUT2D eigenvalue weighted by atomic mass is 10.1. The van der Waals surface area contributed by atoms with Crippen molar-refractivity contribution in [1.82, 2.24) is 16.0 Å². The molecule has 0 unspecified atom stereocenters. The molecule has 15 nitrogen and oxygen atoms in total. The Kier molecular flexibility index (Phi) is 28.6. The van der Waals surface area contributed by atoms with Crippen LogP contribution in [-0.2, 0) is 47.5 Å². The Bertz CT molecular complexity index is 619. The highest BCUT2D eigenvalue weighted by Crippen LogP contribution is 2.02. The van der Waals surface area contributed by atoms with Crippen molar-refractivity contribution in [3.63, 3.8) is 0 Å². The molecule has 0 saturated heterocycles. The molecule has 0 radical (unpaired) electrons. The van der Waals surface area contributed by atoms with Gasteiger partial charge in [-0.25, -0.2) is 0 Å². The van der Waals surface area contributed by atoms with E-state index in [1.54, 1.807) is 7.11 Å². The fraction of sp³-hybridized carbons (Fsp3) is 0.880. The second-order valence-electron chi connectivity index (χ2n) is 8.38. The van der Waals surface area contributed by atoms with Crippen molar-refractivity contribution in [2.45, 2.75) is 25.3 Å². The smallest absolute Gasteiger partial charge is 0.246 e. The van der Waals surface area contributed by atoms with Gasteiger partial charge in [-0.2, -0.15) is 0 Å². The maximum atomic E-state index is 12.7. The number of hydrogen-bond donors (Lipinski definition) is 5. The summed E-state index contributed by atoms with van der Waals surface area (Å²) in [7, 11) is 1.60. The summed E-state index contributed by atoms with van der Waals surface area (Å²) in [4.78, 5) is 36.9. The van der Waals surface area contributed by atoms with Crippen LogP contribution in [0.4, 0.5) is 0 Å². The third kappa shape index (κ3) is 26.3. The third-order valence-electron chi connectivity index (χ3n) is 4.98. The number of carbonyl (C=O) groups is 3. The van der Waals surface area contributed by atoms with Gasteiger partial charge in [0.1, 0.15) is 19.3 Å². The molecule has 0 aromatic rings. The number of hydrogen-bond acceptors (Lipinski definition) is 12. The van der Waals surface area contributed by atoms with E-state index in [-0.39, 0.29) is 38.2 Å². The first-order valence-corrected chi connectivity index (χ1v) is 13.7. The van der Waals surface area contributed by atoms with Crippen LogP contribution in [0.25, 0.3) is 0 Å². The van der Waals surface area contributed by atoms with Gasteiger partial charge in [0.15, 0.2) is 0 Å². The first kappa shape index (κ1) is 38.0. The van der Waals surface area contributed by atoms with Gasteiger partial charge in [0.25, 0.3) is 0 Å². The van der Waals surface area contributed by atoms with Crippen LogP contribution in [0.5, 0.6) is 0 Å². The van der Waals surface area contributed by atoms with Gasteiger partial charge in [0, 0.05) is 33.3 Å². The maximum absolute atomic E-state index is 12.7. The lowest BCUT2D eigenvalue weighted by Crippen LogP contribution is -2.48. The standard InChI is InChI=1S/C25H51N5O10/c1-34-12-13-38-15-14-37-11-8-29-25(33)22(30-24(32)21-40-19-17-36-10-6-27)4-2-3-7-28-23(31)20-39-18-16-35-9-5-26/h22H,2-21,26-27H2,1H3,(H,28,31)(H,29,33)(H,30,32)/t22-/m0/s1. The average molecular weight is 582 g/mol. The second kappa shape index (κ2) is 30.0. The summed E-state index contributed by atoms with van der Waals surface area (Å²) in [6.45, 7) is 5.53. The molecule has 7 N–H and O–H groups in total. The van der Waals surface area contributed by atoms with Crippen LogP contribution in [0.15, 0.2) is 0 Å². The number of methoxy groups -OCH3 is 1. The zero-order valence-corrected chi connectivity index (χ0v) is 24.0. The van der Waals surface area contributed by atoms with Crippen molar-refractivity contribution in [2.24, 2.45) is 11.5 Å². The van der Waals surface area contributed by atoms with E-state index in [9.17, 15) is 14.4 Å². The van der Waals surface area contributed by atoms with E-state index in [4.69, 9.17) is 44.6 Å². The molecule has 0 aliphatic carbocycles. The van der Waals surface area contributed by atoms with Gasteiger partial charge >= 0.3 is 0 Å². The number of nitrogens with two attached hydrogens (primary N) is 2. The maximum Gasteiger partial charge on any atom is 0.246 e. The summed E-state index contributed by atoms with van der Waals surface area (Å²) in [5, 5.41) is 8.25. The van der Waals surface area contributed by atoms with Crippen molar-refractivity contribution in [3.05, 3.63) is 0 Å². The monoisotopic (exact) mass is 581 g/mol. The van der Waals surface area contributed by atoms with Crippen molar-refractivity contribution in [2.75, 3.05) is 119 Å². The Labute approximate surface area is 237 Å². The minimum Gasteiger partial charge on any atom is -0.382 e. The van der Waals surface area contributed by atoms with Crippen LogP contribution in [0, 0.1) is 0 Å². The van der Waals surface area contributed by atoms with Gasteiger partial charge in [0.2, 0.25) is 17.7 Å². The largest absolute Gasteiger partial charge is 0.382 e. The van der Waals surface area contributed by atoms with Crippen LogP contribution in [-0.4, -0.2) is 143 Å². The summed E-state index contributed by atoms with van der Waals surface area (Å²) in [5.74, 6) is -0.976. The zero-order chi connectivity index (χ0) is 29.5. The van der Waals surface area contributed by atoms with E-state index in [1.165, 1.54) is 0 Å². The number of ether oxygens (including phenoxy) is 7. The lowest BCUT2D eigenvalue weighted by molar-refractivity contribution is -0.132. The Morgan fingerprint density at radius 3 is 1.73 bits per heavy atom. The summed E-state index contributed by atoms with van der Waals surface area (Å²) < 4.78 is 36.5. The SMILES string of the molecule is COCCOCCOCCNC(=O)[C@H](CCCCNC(=O)COCCOCCN)NC(=O)COCCOCCN. The van der Waals surface area contributed by atoms with Gasteiger partial charge in [-0.15, -0.1) is 0 Å². The van der Waals surface area contributed by atoms with Crippen LogP contribution >= 0.6 is 0 Å². The van der Waals surface area contributed by atoms with E-state index >= 15 is 0 Å². The molecule has 3 amide bonds. The Morgan fingerprint density at radius 2 is 1.12 bits per heavy atom. The minimum absolute atomic E-state index is 0.0638. The Balaban J connectivity index is 4.31. The van der Waals surface area contributed by atoms with Gasteiger partial charge in [0.05, 0.1) is 72.7 Å². The summed E-state index contributed by atoms with van der Waals surface area (Å²) in [6.07, 6.45) is 1.60. The molecule has 0 saturated carbocycles. The Hall–Kier alpha value is -1.95. The molecule has 236 valence electrons. The highest BCUT2D eigenvalue weighted by Gasteiger charge is 2.20. The number of carbonyl (C=O) groups excluding carboxylic acids is 3. The molecule has 0 aromatic carbocycles. The number of unbranched alkanes of at least 4 members (excludes halogenated alkanes) is 1. The Morgan fingerprint density at radius 1 is 0.600 bits per heavy atom.